The maximum Gasteiger partial charge on any atom is 0.255 e. The summed E-state index contributed by atoms with van der Waals surface area (Å²) in [5.74, 6) is 1.74. The number of hydrogen-bond donors (Lipinski definition) is 1. The molecule has 0 spiro atoms. The lowest BCUT2D eigenvalue weighted by Gasteiger charge is -2.29. The average Bonchev–Trinajstić information content (AvgIpc) is 3.33. The van der Waals surface area contributed by atoms with Gasteiger partial charge in [-0.3, -0.25) is 24.4 Å². The molecule has 1 unspecified atom stereocenters. The molecule has 0 saturated carbocycles. The summed E-state index contributed by atoms with van der Waals surface area (Å²) in [6.07, 6.45) is 13.4. The Labute approximate surface area is 181 Å². The molecule has 1 N–H and O–H groups in total. The van der Waals surface area contributed by atoms with Gasteiger partial charge in [0.1, 0.15) is 6.04 Å². The number of nitrogens with one attached hydrogen (secondary N) is 1. The number of hydrogen-bond acceptors (Lipinski definition) is 4. The highest BCUT2D eigenvalue weighted by Gasteiger charge is 2.39. The molecule has 2 aliphatic heterocycles. The lowest BCUT2D eigenvalue weighted by Crippen LogP contribution is -2.52. The van der Waals surface area contributed by atoms with E-state index in [9.17, 15) is 14.4 Å². The molecule has 0 aliphatic carbocycles. The van der Waals surface area contributed by atoms with Gasteiger partial charge in [0.25, 0.3) is 5.91 Å². The molecule has 31 heavy (non-hydrogen) atoms. The fourth-order valence-corrected chi connectivity index (χ4v) is 4.16. The molecular weight excluding hydrogens is 392 g/mol. The van der Waals surface area contributed by atoms with Crippen LogP contribution in [0.3, 0.4) is 0 Å². The molecule has 0 radical (unpaired) electrons. The molecule has 1 saturated heterocycles. The number of piperidine rings is 1. The standard InChI is InChI=1S/C24H24N4O3/c1-3-17-13-25-27(14-17)11-5-6-16(2)12-18-7-4-8-19-20(18)15-28(24(19)31)21-9-10-22(29)26-23(21)30/h1,4,7-8,12-14,21H,5-6,9-11,15H2,2H3,(H,26,29,30)/b16-12+. The van der Waals surface area contributed by atoms with Gasteiger partial charge in [0.15, 0.2) is 0 Å². The Morgan fingerprint density at radius 2 is 2.19 bits per heavy atom. The minimum atomic E-state index is -0.600. The number of amides is 3. The summed E-state index contributed by atoms with van der Waals surface area (Å²) < 4.78 is 1.85. The van der Waals surface area contributed by atoms with Gasteiger partial charge in [-0.1, -0.05) is 29.7 Å². The first-order chi connectivity index (χ1) is 15.0. The van der Waals surface area contributed by atoms with Crippen molar-refractivity contribution in [3.63, 3.8) is 0 Å². The fraction of sp³-hybridized carbons (Fsp3) is 0.333. The first-order valence-corrected chi connectivity index (χ1v) is 10.4. The van der Waals surface area contributed by atoms with E-state index < -0.39 is 11.9 Å². The average molecular weight is 416 g/mol. The quantitative estimate of drug-likeness (QED) is 0.579. The van der Waals surface area contributed by atoms with Gasteiger partial charge in [-0.2, -0.15) is 5.10 Å². The predicted octanol–water partition coefficient (Wildman–Crippen LogP) is 2.51. The Bertz CT molecular complexity index is 1120. The molecule has 7 nitrogen and oxygen atoms in total. The second-order valence-electron chi connectivity index (χ2n) is 8.00. The topological polar surface area (TPSA) is 84.3 Å². The first kappa shape index (κ1) is 20.6. The number of allylic oxidation sites excluding steroid dienone is 1. The Morgan fingerprint density at radius 3 is 2.94 bits per heavy atom. The molecule has 1 aromatic carbocycles. The van der Waals surface area contributed by atoms with E-state index in [-0.39, 0.29) is 18.2 Å². The number of carbonyl (C=O) groups excluding carboxylic acids is 3. The maximum atomic E-state index is 12.9. The van der Waals surface area contributed by atoms with Crippen molar-refractivity contribution in [2.24, 2.45) is 0 Å². The van der Waals surface area contributed by atoms with E-state index >= 15 is 0 Å². The van der Waals surface area contributed by atoms with Crippen LogP contribution in [0.2, 0.25) is 0 Å². The fourth-order valence-electron chi connectivity index (χ4n) is 4.16. The molecular formula is C24H24N4O3. The molecule has 1 atom stereocenters. The maximum absolute atomic E-state index is 12.9. The van der Waals surface area contributed by atoms with Crippen LogP contribution in [-0.4, -0.2) is 38.4 Å². The molecule has 1 fully saturated rings. The van der Waals surface area contributed by atoms with E-state index in [0.717, 1.165) is 36.1 Å². The van der Waals surface area contributed by atoms with E-state index in [1.165, 1.54) is 5.57 Å². The number of rotatable bonds is 6. The number of imide groups is 1. The minimum Gasteiger partial charge on any atom is -0.322 e. The predicted molar refractivity (Wildman–Crippen MR) is 116 cm³/mol. The monoisotopic (exact) mass is 416 g/mol. The number of fused-ring (bicyclic) bond motifs is 1. The van der Waals surface area contributed by atoms with Crippen LogP contribution < -0.4 is 5.32 Å². The second-order valence-corrected chi connectivity index (χ2v) is 8.00. The van der Waals surface area contributed by atoms with Crippen molar-refractivity contribution in [3.8, 4) is 12.3 Å². The van der Waals surface area contributed by atoms with Crippen LogP contribution in [0.4, 0.5) is 0 Å². The Kier molecular flexibility index (Phi) is 5.72. The number of terminal acetylenes is 1. The molecule has 3 amide bonds. The minimum absolute atomic E-state index is 0.152. The normalized spacial score (nSPS) is 18.7. The Hall–Kier alpha value is -3.66. The molecule has 1 aromatic heterocycles. The molecule has 2 aliphatic rings. The lowest BCUT2D eigenvalue weighted by molar-refractivity contribution is -0.136. The van der Waals surface area contributed by atoms with Gasteiger partial charge in [0.05, 0.1) is 11.8 Å². The number of aryl methyl sites for hydroxylation is 1. The van der Waals surface area contributed by atoms with Gasteiger partial charge in [-0.15, -0.1) is 6.42 Å². The van der Waals surface area contributed by atoms with Crippen LogP contribution >= 0.6 is 0 Å². The molecule has 4 rings (SSSR count). The zero-order valence-corrected chi connectivity index (χ0v) is 17.4. The van der Waals surface area contributed by atoms with Crippen molar-refractivity contribution in [1.29, 1.82) is 0 Å². The van der Waals surface area contributed by atoms with Gasteiger partial charge in [0.2, 0.25) is 11.8 Å². The Balaban J connectivity index is 1.44. The van der Waals surface area contributed by atoms with E-state index in [4.69, 9.17) is 6.42 Å². The van der Waals surface area contributed by atoms with E-state index in [1.54, 1.807) is 17.2 Å². The highest BCUT2D eigenvalue weighted by Crippen LogP contribution is 2.31. The van der Waals surface area contributed by atoms with Crippen LogP contribution in [-0.2, 0) is 22.7 Å². The highest BCUT2D eigenvalue weighted by molar-refractivity contribution is 6.05. The second kappa shape index (κ2) is 8.60. The van der Waals surface area contributed by atoms with Gasteiger partial charge in [-0.25, -0.2) is 0 Å². The van der Waals surface area contributed by atoms with E-state index in [0.29, 0.717) is 18.5 Å². The van der Waals surface area contributed by atoms with E-state index in [2.05, 4.69) is 29.3 Å². The SMILES string of the molecule is C#Cc1cnn(CCC/C(C)=C/c2cccc3c2CN(C2CCC(=O)NC2=O)C3=O)c1. The van der Waals surface area contributed by atoms with Crippen LogP contribution in [0.1, 0.15) is 59.7 Å². The van der Waals surface area contributed by atoms with Crippen LogP contribution in [0.25, 0.3) is 6.08 Å². The first-order valence-electron chi connectivity index (χ1n) is 10.4. The Morgan fingerprint density at radius 1 is 1.35 bits per heavy atom. The van der Waals surface area contributed by atoms with Gasteiger partial charge < -0.3 is 4.90 Å². The summed E-state index contributed by atoms with van der Waals surface area (Å²) in [5, 5.41) is 6.59. The summed E-state index contributed by atoms with van der Waals surface area (Å²) in [5.41, 5.74) is 4.53. The van der Waals surface area contributed by atoms with Gasteiger partial charge >= 0.3 is 0 Å². The van der Waals surface area contributed by atoms with Crippen LogP contribution in [0.5, 0.6) is 0 Å². The van der Waals surface area contributed by atoms with Crippen LogP contribution in [0.15, 0.2) is 36.2 Å². The van der Waals surface area contributed by atoms with Crippen molar-refractivity contribution in [3.05, 3.63) is 58.4 Å². The number of carbonyl (C=O) groups is 3. The summed E-state index contributed by atoms with van der Waals surface area (Å²) in [4.78, 5) is 38.2. The third-order valence-electron chi connectivity index (χ3n) is 5.78. The lowest BCUT2D eigenvalue weighted by atomic mass is 10.00. The van der Waals surface area contributed by atoms with Crippen molar-refractivity contribution in [2.75, 3.05) is 0 Å². The summed E-state index contributed by atoms with van der Waals surface area (Å²) in [6, 6.07) is 5.07. The van der Waals surface area contributed by atoms with Crippen molar-refractivity contribution >= 4 is 23.8 Å². The van der Waals surface area contributed by atoms with Crippen molar-refractivity contribution in [1.82, 2.24) is 20.0 Å². The molecule has 2 aromatic rings. The largest absolute Gasteiger partial charge is 0.322 e. The molecule has 3 heterocycles. The molecule has 0 bridgehead atoms. The zero-order valence-electron chi connectivity index (χ0n) is 17.4. The number of nitrogens with zero attached hydrogens (tertiary/aromatic N) is 3. The highest BCUT2D eigenvalue weighted by atomic mass is 16.2. The summed E-state index contributed by atoms with van der Waals surface area (Å²) >= 11 is 0. The van der Waals surface area contributed by atoms with Crippen molar-refractivity contribution in [2.45, 2.75) is 51.7 Å². The summed E-state index contributed by atoms with van der Waals surface area (Å²) in [6.45, 7) is 3.23. The van der Waals surface area contributed by atoms with Gasteiger partial charge in [0, 0.05) is 31.3 Å². The number of benzene rings is 1. The van der Waals surface area contributed by atoms with E-state index in [1.807, 2.05) is 23.0 Å². The molecule has 158 valence electrons. The number of aromatic nitrogens is 2. The smallest absolute Gasteiger partial charge is 0.255 e. The zero-order chi connectivity index (χ0) is 22.0. The molecule has 7 heteroatoms. The third-order valence-corrected chi connectivity index (χ3v) is 5.78. The van der Waals surface area contributed by atoms with Crippen LogP contribution in [0, 0.1) is 12.3 Å². The van der Waals surface area contributed by atoms with Gasteiger partial charge in [-0.05, 0) is 43.4 Å². The third kappa shape index (κ3) is 4.29. The summed E-state index contributed by atoms with van der Waals surface area (Å²) in [7, 11) is 0. The van der Waals surface area contributed by atoms with Crippen molar-refractivity contribution < 1.29 is 14.4 Å².